The van der Waals surface area contributed by atoms with Gasteiger partial charge in [-0.25, -0.2) is 13.2 Å². The fraction of sp³-hybridized carbons (Fsp3) is 0.233. The van der Waals surface area contributed by atoms with Crippen LogP contribution in [0.5, 0.6) is 5.75 Å². The van der Waals surface area contributed by atoms with Crippen LogP contribution in [0.1, 0.15) is 25.3 Å². The number of fused-ring (bicyclic) bond motifs is 1. The van der Waals surface area contributed by atoms with E-state index in [1.165, 1.54) is 16.4 Å². The quantitative estimate of drug-likeness (QED) is 0.203. The van der Waals surface area contributed by atoms with Crippen LogP contribution in [0.15, 0.2) is 88.7 Å². The Hall–Kier alpha value is -3.49. The van der Waals surface area contributed by atoms with E-state index in [2.05, 4.69) is 24.3 Å². The zero-order valence-corrected chi connectivity index (χ0v) is 23.3. The number of aliphatic carboxylic acids is 1. The highest BCUT2D eigenvalue weighted by Gasteiger charge is 2.29. The second-order valence-corrected chi connectivity index (χ2v) is 11.6. The molecule has 6 nitrogen and oxygen atoms in total. The Morgan fingerprint density at radius 2 is 1.66 bits per heavy atom. The highest BCUT2D eigenvalue weighted by atomic mass is 32.2. The van der Waals surface area contributed by atoms with Crippen LogP contribution >= 0.6 is 11.8 Å². The maximum absolute atomic E-state index is 14.3. The molecule has 8 heteroatoms. The first kappa shape index (κ1) is 27.5. The molecule has 1 N–H and O–H groups in total. The molecule has 0 bridgehead atoms. The number of nitrogens with zero attached hydrogens (tertiary/aromatic N) is 1. The van der Waals surface area contributed by atoms with Crippen LogP contribution in [0, 0.1) is 6.92 Å². The molecule has 4 rings (SSSR count). The largest absolute Gasteiger partial charge is 0.481 e. The fourth-order valence-corrected chi connectivity index (χ4v) is 6.67. The van der Waals surface area contributed by atoms with E-state index in [0.29, 0.717) is 35.2 Å². The lowest BCUT2D eigenvalue weighted by atomic mass is 9.99. The smallest absolute Gasteiger partial charge is 0.341 e. The van der Waals surface area contributed by atoms with Gasteiger partial charge in [-0.1, -0.05) is 61.9 Å². The van der Waals surface area contributed by atoms with Gasteiger partial charge in [-0.2, -0.15) is 0 Å². The number of thioether (sulfide) groups is 1. The minimum Gasteiger partial charge on any atom is -0.481 e. The SMILES string of the molecule is CCCCN(c1cccc(-c2ccc(SC)cc2)c1C)S(=O)(=O)c1ccc(OCC(=O)O)c2ccccc12. The van der Waals surface area contributed by atoms with Gasteiger partial charge in [-0.15, -0.1) is 11.8 Å². The monoisotopic (exact) mass is 549 g/mol. The van der Waals surface area contributed by atoms with E-state index in [1.807, 2.05) is 38.3 Å². The number of sulfonamides is 1. The predicted molar refractivity (Wildman–Crippen MR) is 155 cm³/mol. The van der Waals surface area contributed by atoms with Gasteiger partial charge in [0.25, 0.3) is 10.0 Å². The van der Waals surface area contributed by atoms with E-state index in [4.69, 9.17) is 9.84 Å². The predicted octanol–water partition coefficient (Wildman–Crippen LogP) is 7.00. The molecule has 38 heavy (non-hydrogen) atoms. The molecule has 0 saturated heterocycles. The second-order valence-electron chi connectivity index (χ2n) is 8.90. The Bertz CT molecular complexity index is 1550. The highest BCUT2D eigenvalue weighted by Crippen LogP contribution is 2.37. The Morgan fingerprint density at radius 3 is 2.32 bits per heavy atom. The zero-order valence-electron chi connectivity index (χ0n) is 21.7. The van der Waals surface area contributed by atoms with Crippen LogP contribution in [0.4, 0.5) is 5.69 Å². The van der Waals surface area contributed by atoms with E-state index >= 15 is 0 Å². The summed E-state index contributed by atoms with van der Waals surface area (Å²) in [5, 5.41) is 10.1. The maximum atomic E-state index is 14.3. The van der Waals surface area contributed by atoms with Crippen molar-refractivity contribution in [1.29, 1.82) is 0 Å². The second kappa shape index (κ2) is 11.9. The van der Waals surface area contributed by atoms with Crippen molar-refractivity contribution >= 4 is 44.2 Å². The first-order valence-corrected chi connectivity index (χ1v) is 15.1. The van der Waals surface area contributed by atoms with Crippen molar-refractivity contribution < 1.29 is 23.1 Å². The molecule has 198 valence electrons. The number of ether oxygens (including phenoxy) is 1. The molecule has 0 saturated carbocycles. The Balaban J connectivity index is 1.84. The summed E-state index contributed by atoms with van der Waals surface area (Å²) in [6.07, 6.45) is 3.57. The molecule has 0 aliphatic heterocycles. The van der Waals surface area contributed by atoms with E-state index in [1.54, 1.807) is 36.0 Å². The molecule has 4 aromatic rings. The summed E-state index contributed by atoms with van der Waals surface area (Å²) in [6.45, 7) is 3.82. The van der Waals surface area contributed by atoms with Crippen LogP contribution in [0.2, 0.25) is 0 Å². The summed E-state index contributed by atoms with van der Waals surface area (Å²) in [4.78, 5) is 12.4. The summed E-state index contributed by atoms with van der Waals surface area (Å²) >= 11 is 1.68. The Kier molecular flexibility index (Phi) is 8.64. The summed E-state index contributed by atoms with van der Waals surface area (Å²) in [5.41, 5.74) is 3.53. The van der Waals surface area contributed by atoms with Crippen LogP contribution < -0.4 is 9.04 Å². The third-order valence-electron chi connectivity index (χ3n) is 6.45. The number of unbranched alkanes of at least 4 members (excludes halogenated alkanes) is 1. The minimum absolute atomic E-state index is 0.154. The first-order chi connectivity index (χ1) is 18.3. The van der Waals surface area contributed by atoms with Crippen LogP contribution in [-0.4, -0.2) is 38.9 Å². The fourth-order valence-electron chi connectivity index (χ4n) is 4.50. The lowest BCUT2D eigenvalue weighted by Crippen LogP contribution is -2.33. The number of carboxylic acid groups (broad SMARTS) is 1. The number of anilines is 1. The molecule has 0 aromatic heterocycles. The maximum Gasteiger partial charge on any atom is 0.341 e. The van der Waals surface area contributed by atoms with Gasteiger partial charge in [-0.3, -0.25) is 4.31 Å². The number of carbonyl (C=O) groups is 1. The molecule has 0 spiro atoms. The molecule has 0 fully saturated rings. The summed E-state index contributed by atoms with van der Waals surface area (Å²) < 4.78 is 35.6. The average Bonchev–Trinajstić information content (AvgIpc) is 2.92. The van der Waals surface area contributed by atoms with Gasteiger partial charge in [0, 0.05) is 22.2 Å². The van der Waals surface area contributed by atoms with Crippen LogP contribution in [0.3, 0.4) is 0 Å². The van der Waals surface area contributed by atoms with Crippen molar-refractivity contribution in [3.05, 3.63) is 84.4 Å². The van der Waals surface area contributed by atoms with E-state index < -0.39 is 22.6 Å². The summed E-state index contributed by atoms with van der Waals surface area (Å²) in [7, 11) is -3.97. The van der Waals surface area contributed by atoms with Gasteiger partial charge in [-0.05, 0) is 66.6 Å². The zero-order chi connectivity index (χ0) is 27.3. The number of benzene rings is 4. The van der Waals surface area contributed by atoms with Gasteiger partial charge in [0.15, 0.2) is 6.61 Å². The normalized spacial score (nSPS) is 11.4. The van der Waals surface area contributed by atoms with E-state index in [-0.39, 0.29) is 4.90 Å². The van der Waals surface area contributed by atoms with Crippen molar-refractivity contribution in [2.24, 2.45) is 0 Å². The minimum atomic E-state index is -3.97. The molecule has 0 atom stereocenters. The number of carboxylic acids is 1. The summed E-state index contributed by atoms with van der Waals surface area (Å²) in [5.74, 6) is -0.774. The van der Waals surface area contributed by atoms with Crippen LogP contribution in [0.25, 0.3) is 21.9 Å². The molecular weight excluding hydrogens is 518 g/mol. The lowest BCUT2D eigenvalue weighted by molar-refractivity contribution is -0.139. The summed E-state index contributed by atoms with van der Waals surface area (Å²) in [6, 6.07) is 24.1. The van der Waals surface area contributed by atoms with Gasteiger partial charge >= 0.3 is 5.97 Å². The molecule has 0 amide bonds. The Morgan fingerprint density at radius 1 is 0.947 bits per heavy atom. The highest BCUT2D eigenvalue weighted by molar-refractivity contribution is 7.98. The number of hydrogen-bond acceptors (Lipinski definition) is 5. The van der Waals surface area contributed by atoms with E-state index in [0.717, 1.165) is 28.0 Å². The molecule has 0 heterocycles. The number of hydrogen-bond donors (Lipinski definition) is 1. The van der Waals surface area contributed by atoms with Crippen LogP contribution in [-0.2, 0) is 14.8 Å². The molecule has 0 unspecified atom stereocenters. The van der Waals surface area contributed by atoms with Crippen molar-refractivity contribution in [2.45, 2.75) is 36.5 Å². The molecule has 4 aromatic carbocycles. The van der Waals surface area contributed by atoms with Gasteiger partial charge in [0.2, 0.25) is 0 Å². The number of rotatable bonds is 11. The van der Waals surface area contributed by atoms with Crippen molar-refractivity contribution in [2.75, 3.05) is 23.7 Å². The van der Waals surface area contributed by atoms with Gasteiger partial charge < -0.3 is 9.84 Å². The third kappa shape index (κ3) is 5.66. The van der Waals surface area contributed by atoms with Crippen molar-refractivity contribution in [3.8, 4) is 16.9 Å². The van der Waals surface area contributed by atoms with E-state index in [9.17, 15) is 13.2 Å². The molecule has 0 aliphatic carbocycles. The van der Waals surface area contributed by atoms with Gasteiger partial charge in [0.1, 0.15) is 5.75 Å². The third-order valence-corrected chi connectivity index (χ3v) is 9.07. The standard InChI is InChI=1S/C30H31NO5S2/c1-4-5-19-31(27-12-8-11-24(21(27)2)22-13-15-23(37-3)16-14-22)38(34,35)29-18-17-28(36-20-30(32)33)25-9-6-7-10-26(25)29/h6-18H,4-5,19-20H2,1-3H3,(H,32,33). The molecular formula is C30H31NO5S2. The first-order valence-electron chi connectivity index (χ1n) is 12.4. The topological polar surface area (TPSA) is 83.9 Å². The lowest BCUT2D eigenvalue weighted by Gasteiger charge is -2.28. The van der Waals surface area contributed by atoms with Crippen molar-refractivity contribution in [3.63, 3.8) is 0 Å². The molecule has 0 aliphatic rings. The molecule has 0 radical (unpaired) electrons. The Labute approximate surface area is 228 Å². The van der Waals surface area contributed by atoms with Crippen molar-refractivity contribution in [1.82, 2.24) is 0 Å². The van der Waals surface area contributed by atoms with Gasteiger partial charge in [0.05, 0.1) is 10.6 Å². The average molecular weight is 550 g/mol.